The number of hydrogen-bond acceptors (Lipinski definition) is 6. The summed E-state index contributed by atoms with van der Waals surface area (Å²) in [5, 5.41) is 19.1. The van der Waals surface area contributed by atoms with Crippen molar-refractivity contribution in [1.82, 2.24) is 0 Å². The highest BCUT2D eigenvalue weighted by Crippen LogP contribution is 2.27. The highest BCUT2D eigenvalue weighted by Gasteiger charge is 2.06. The number of rotatable bonds is 8. The van der Waals surface area contributed by atoms with Crippen molar-refractivity contribution in [2.45, 2.75) is 10.7 Å². The third-order valence-electron chi connectivity index (χ3n) is 3.68. The average molecular weight is 488 g/mol. The van der Waals surface area contributed by atoms with Crippen molar-refractivity contribution in [3.63, 3.8) is 0 Å². The molecule has 2 aromatic rings. The van der Waals surface area contributed by atoms with Crippen LogP contribution in [0.5, 0.6) is 23.0 Å². The standard InChI is InChI=1S/C21H20O6.CHCl3/c1-26-20-11-14(5-9-18(20)24)3-7-16(22)13-17(23)8-4-15-6-10-19(25)21(12-15)27-2;2-1(3)4/h3-12,24-25H,13H2,1-2H3;1H/b7-3+,8-4+;. The van der Waals surface area contributed by atoms with E-state index in [1.54, 1.807) is 36.4 Å². The second-order valence-electron chi connectivity index (χ2n) is 5.89. The minimum absolute atomic E-state index is 0.00662. The van der Waals surface area contributed by atoms with Crippen molar-refractivity contribution >= 4 is 58.5 Å². The summed E-state index contributed by atoms with van der Waals surface area (Å²) in [6.45, 7) is 0. The van der Waals surface area contributed by atoms with Gasteiger partial charge in [0.15, 0.2) is 38.9 Å². The van der Waals surface area contributed by atoms with E-state index < -0.39 is 4.30 Å². The molecule has 0 aromatic heterocycles. The minimum atomic E-state index is -0.750. The van der Waals surface area contributed by atoms with E-state index in [1.807, 2.05) is 0 Å². The highest BCUT2D eigenvalue weighted by atomic mass is 35.6. The van der Waals surface area contributed by atoms with E-state index in [1.165, 1.54) is 38.5 Å². The Bertz CT molecular complexity index is 878. The van der Waals surface area contributed by atoms with Crippen LogP contribution in [0.3, 0.4) is 0 Å². The zero-order valence-electron chi connectivity index (χ0n) is 16.7. The Morgan fingerprint density at radius 1 is 0.839 bits per heavy atom. The molecule has 0 aliphatic heterocycles. The van der Waals surface area contributed by atoms with Crippen molar-refractivity contribution < 1.29 is 29.3 Å². The lowest BCUT2D eigenvalue weighted by Gasteiger charge is -2.03. The van der Waals surface area contributed by atoms with Crippen molar-refractivity contribution in [1.29, 1.82) is 0 Å². The van der Waals surface area contributed by atoms with Crippen LogP contribution in [-0.4, -0.2) is 40.3 Å². The number of carbonyl (C=O) groups is 2. The molecule has 0 unspecified atom stereocenters. The van der Waals surface area contributed by atoms with Crippen LogP contribution < -0.4 is 9.47 Å². The van der Waals surface area contributed by atoms with Crippen LogP contribution in [0.2, 0.25) is 0 Å². The summed E-state index contributed by atoms with van der Waals surface area (Å²) in [6.07, 6.45) is 5.44. The summed E-state index contributed by atoms with van der Waals surface area (Å²) < 4.78 is 9.25. The molecule has 2 rings (SSSR count). The Labute approximate surface area is 195 Å². The van der Waals surface area contributed by atoms with E-state index in [9.17, 15) is 19.8 Å². The van der Waals surface area contributed by atoms with Gasteiger partial charge in [-0.05, 0) is 47.5 Å². The molecule has 0 aliphatic carbocycles. The fourth-order valence-electron chi connectivity index (χ4n) is 2.26. The molecule has 0 aliphatic rings. The third kappa shape index (κ3) is 10.3. The topological polar surface area (TPSA) is 93.1 Å². The predicted molar refractivity (Wildman–Crippen MR) is 123 cm³/mol. The Balaban J connectivity index is 0.00000110. The number of methoxy groups -OCH3 is 2. The molecular formula is C22H21Cl3O6. The van der Waals surface area contributed by atoms with Crippen molar-refractivity contribution in [3.8, 4) is 23.0 Å². The van der Waals surface area contributed by atoms with Gasteiger partial charge in [-0.1, -0.05) is 59.1 Å². The van der Waals surface area contributed by atoms with Crippen LogP contribution in [0.15, 0.2) is 48.6 Å². The first-order chi connectivity index (χ1) is 14.7. The second kappa shape index (κ2) is 13.6. The molecule has 9 heteroatoms. The van der Waals surface area contributed by atoms with Gasteiger partial charge in [-0.3, -0.25) is 9.59 Å². The summed E-state index contributed by atoms with van der Waals surface area (Å²) in [5.41, 5.74) is 1.33. The molecule has 0 saturated carbocycles. The molecule has 0 amide bonds. The number of allylic oxidation sites excluding steroid dienone is 2. The number of ketones is 2. The van der Waals surface area contributed by atoms with Crippen molar-refractivity contribution in [2.24, 2.45) is 0 Å². The van der Waals surface area contributed by atoms with E-state index in [4.69, 9.17) is 44.3 Å². The van der Waals surface area contributed by atoms with E-state index in [2.05, 4.69) is 0 Å². The van der Waals surface area contributed by atoms with Gasteiger partial charge >= 0.3 is 0 Å². The van der Waals surface area contributed by atoms with Crippen molar-refractivity contribution in [2.75, 3.05) is 14.2 Å². The van der Waals surface area contributed by atoms with Crippen LogP contribution in [0.4, 0.5) is 0 Å². The number of halogens is 3. The summed E-state index contributed by atoms with van der Waals surface area (Å²) >= 11 is 14.4. The van der Waals surface area contributed by atoms with Crippen molar-refractivity contribution in [3.05, 3.63) is 59.7 Å². The maximum absolute atomic E-state index is 11.9. The van der Waals surface area contributed by atoms with Gasteiger partial charge in [-0.2, -0.15) is 0 Å². The number of hydrogen-bond donors (Lipinski definition) is 2. The van der Waals surface area contributed by atoms with Crippen LogP contribution in [0, 0.1) is 0 Å². The minimum Gasteiger partial charge on any atom is -0.504 e. The first kappa shape index (κ1) is 26.4. The molecule has 2 N–H and O–H groups in total. The summed E-state index contributed by atoms with van der Waals surface area (Å²) in [4.78, 5) is 23.9. The maximum atomic E-state index is 11.9. The largest absolute Gasteiger partial charge is 0.504 e. The lowest BCUT2D eigenvalue weighted by molar-refractivity contribution is -0.121. The first-order valence-electron chi connectivity index (χ1n) is 8.74. The molecule has 31 heavy (non-hydrogen) atoms. The van der Waals surface area contributed by atoms with Gasteiger partial charge in [0.1, 0.15) is 0 Å². The molecule has 0 radical (unpaired) electrons. The van der Waals surface area contributed by atoms with Gasteiger partial charge in [0.2, 0.25) is 0 Å². The number of phenolic OH excluding ortho intramolecular Hbond substituents is 2. The molecule has 166 valence electrons. The number of alkyl halides is 3. The SMILES string of the molecule is COc1cc(/C=C/C(=O)CC(=O)/C=C/c2ccc(O)c(OC)c2)ccc1O.ClC(Cl)Cl. The van der Waals surface area contributed by atoms with E-state index in [0.717, 1.165) is 0 Å². The van der Waals surface area contributed by atoms with Gasteiger partial charge in [0.05, 0.1) is 20.6 Å². The normalized spacial score (nSPS) is 10.8. The second-order valence-corrected chi connectivity index (χ2v) is 7.87. The molecule has 0 bridgehead atoms. The molecule has 6 nitrogen and oxygen atoms in total. The predicted octanol–water partition coefficient (Wildman–Crippen LogP) is 5.36. The lowest BCUT2D eigenvalue weighted by atomic mass is 10.1. The van der Waals surface area contributed by atoms with E-state index >= 15 is 0 Å². The quantitative estimate of drug-likeness (QED) is 0.296. The molecular weight excluding hydrogens is 467 g/mol. The molecule has 0 saturated heterocycles. The van der Waals surface area contributed by atoms with Crippen LogP contribution in [0.25, 0.3) is 12.2 Å². The van der Waals surface area contributed by atoms with E-state index in [-0.39, 0.29) is 29.5 Å². The zero-order chi connectivity index (χ0) is 23.4. The summed E-state index contributed by atoms with van der Waals surface area (Å²) in [7, 11) is 2.87. The van der Waals surface area contributed by atoms with Gasteiger partial charge in [-0.15, -0.1) is 0 Å². The van der Waals surface area contributed by atoms with Crippen LogP contribution in [0.1, 0.15) is 17.5 Å². The monoisotopic (exact) mass is 486 g/mol. The zero-order valence-corrected chi connectivity index (χ0v) is 19.0. The van der Waals surface area contributed by atoms with Crippen LogP contribution in [-0.2, 0) is 9.59 Å². The number of aromatic hydroxyl groups is 2. The molecule has 2 aromatic carbocycles. The number of ether oxygens (including phenoxy) is 2. The molecule has 0 heterocycles. The maximum Gasteiger partial charge on any atom is 0.180 e. The third-order valence-corrected chi connectivity index (χ3v) is 3.68. The van der Waals surface area contributed by atoms with Gasteiger partial charge in [0.25, 0.3) is 0 Å². The average Bonchev–Trinajstić information content (AvgIpc) is 2.72. The summed E-state index contributed by atoms with van der Waals surface area (Å²) in [5.74, 6) is -0.0832. The Kier molecular flexibility index (Phi) is 11.6. The fourth-order valence-corrected chi connectivity index (χ4v) is 2.26. The lowest BCUT2D eigenvalue weighted by Crippen LogP contribution is -2.01. The number of benzene rings is 2. The van der Waals surface area contributed by atoms with Gasteiger partial charge in [0, 0.05) is 0 Å². The molecule has 0 atom stereocenters. The van der Waals surface area contributed by atoms with E-state index in [0.29, 0.717) is 22.6 Å². The highest BCUT2D eigenvalue weighted by molar-refractivity contribution is 6.63. The van der Waals surface area contributed by atoms with Gasteiger partial charge in [-0.25, -0.2) is 0 Å². The molecule has 0 fully saturated rings. The number of carbonyl (C=O) groups excluding carboxylic acids is 2. The molecule has 0 spiro atoms. The summed E-state index contributed by atoms with van der Waals surface area (Å²) in [6, 6.07) is 9.34. The smallest absolute Gasteiger partial charge is 0.180 e. The Morgan fingerprint density at radius 2 is 1.19 bits per heavy atom. The number of phenols is 2. The van der Waals surface area contributed by atoms with Crippen LogP contribution >= 0.6 is 34.8 Å². The Morgan fingerprint density at radius 3 is 1.52 bits per heavy atom. The van der Waals surface area contributed by atoms with Gasteiger partial charge < -0.3 is 19.7 Å². The Hall–Kier alpha value is -2.67. The first-order valence-corrected chi connectivity index (χ1v) is 10.0. The fraction of sp³-hybridized carbons (Fsp3) is 0.182.